The Balaban J connectivity index is 3.30. The molecule has 1 N–H and O–H groups in total. The molecule has 0 aliphatic heterocycles. The van der Waals surface area contributed by atoms with Crippen molar-refractivity contribution < 1.29 is 14.4 Å². The number of rotatable bonds is 2. The van der Waals surface area contributed by atoms with Crippen molar-refractivity contribution in [3.63, 3.8) is 0 Å². The quantitative estimate of drug-likeness (QED) is 0.790. The first-order valence-corrected chi connectivity index (χ1v) is 5.97. The van der Waals surface area contributed by atoms with Crippen LogP contribution in [0.25, 0.3) is 0 Å². The number of aromatic hydroxyl groups is 1. The molecule has 0 bridgehead atoms. The monoisotopic (exact) mass is 227 g/mol. The molecular weight excluding hydrogens is 211 g/mol. The van der Waals surface area contributed by atoms with Gasteiger partial charge >= 0.3 is 7.80 Å². The van der Waals surface area contributed by atoms with Crippen LogP contribution < -0.4 is 10.0 Å². The van der Waals surface area contributed by atoms with E-state index >= 15 is 0 Å². The molecule has 82 valence electrons. The smallest absolute Gasteiger partial charge is 0.390 e. The molecule has 0 aliphatic rings. The number of hydrogen-bond acceptors (Lipinski definition) is 3. The van der Waals surface area contributed by atoms with Gasteiger partial charge in [0.1, 0.15) is 0 Å². The Morgan fingerprint density at radius 3 is 2.40 bits per heavy atom. The van der Waals surface area contributed by atoms with E-state index in [1.54, 1.807) is 12.1 Å². The lowest BCUT2D eigenvalue weighted by atomic mass is 10.3. The first-order chi connectivity index (χ1) is 6.88. The zero-order valence-electron chi connectivity index (χ0n) is 9.44. The molecule has 0 radical (unpaired) electrons. The summed E-state index contributed by atoms with van der Waals surface area (Å²) in [7, 11) is -0.185. The predicted octanol–water partition coefficient (Wildman–Crippen LogP) is 2.65. The van der Waals surface area contributed by atoms with E-state index in [1.165, 1.54) is 13.2 Å². The molecule has 0 amide bonds. The molecule has 1 aromatic rings. The maximum atomic E-state index is 12.2. The van der Waals surface area contributed by atoms with Crippen LogP contribution in [-0.4, -0.2) is 17.4 Å². The second-order valence-corrected chi connectivity index (χ2v) is 6.67. The molecule has 1 aromatic carbocycles. The topological polar surface area (TPSA) is 46.5 Å². The minimum absolute atomic E-state index is 0.0328. The van der Waals surface area contributed by atoms with Crippen LogP contribution in [0.5, 0.6) is 11.5 Å². The van der Waals surface area contributed by atoms with E-state index in [0.717, 1.165) is 0 Å². The highest BCUT2D eigenvalue weighted by atomic mass is 31.1. The van der Waals surface area contributed by atoms with Crippen LogP contribution in [0.4, 0.5) is 0 Å². The highest BCUT2D eigenvalue weighted by molar-refractivity contribution is 7.55. The number of phenolic OH excluding ortho intramolecular Hbond substituents is 1. The van der Waals surface area contributed by atoms with Gasteiger partial charge < -0.3 is 9.84 Å². The third-order valence-corrected chi connectivity index (χ3v) is 4.08. The van der Waals surface area contributed by atoms with Crippen molar-refractivity contribution in [2.24, 2.45) is 0 Å². The summed E-state index contributed by atoms with van der Waals surface area (Å²) in [5.41, 5.74) is 0. The van der Waals surface area contributed by atoms with Crippen molar-refractivity contribution in [3.8, 4) is 11.5 Å². The molecule has 1 rings (SSSR count). The molecule has 0 saturated carbocycles. The van der Waals surface area contributed by atoms with Crippen molar-refractivity contribution in [1.29, 1.82) is 0 Å². The molecular formula is C11H16O3P+. The summed E-state index contributed by atoms with van der Waals surface area (Å²) in [5, 5.41) is 9.71. The minimum Gasteiger partial charge on any atom is -0.504 e. The Kier molecular flexibility index (Phi) is 3.35. The van der Waals surface area contributed by atoms with Crippen molar-refractivity contribution in [2.45, 2.75) is 25.9 Å². The molecule has 3 nitrogen and oxygen atoms in total. The van der Waals surface area contributed by atoms with E-state index in [0.29, 0.717) is 11.1 Å². The summed E-state index contributed by atoms with van der Waals surface area (Å²) >= 11 is 0. The van der Waals surface area contributed by atoms with Crippen molar-refractivity contribution >= 4 is 13.1 Å². The second kappa shape index (κ2) is 4.19. The minimum atomic E-state index is -1.69. The third kappa shape index (κ3) is 2.48. The highest BCUT2D eigenvalue weighted by Crippen LogP contribution is 2.42. The van der Waals surface area contributed by atoms with Crippen LogP contribution in [0.1, 0.15) is 20.8 Å². The Morgan fingerprint density at radius 2 is 1.93 bits per heavy atom. The zero-order valence-corrected chi connectivity index (χ0v) is 10.3. The van der Waals surface area contributed by atoms with E-state index in [-0.39, 0.29) is 10.9 Å². The summed E-state index contributed by atoms with van der Waals surface area (Å²) in [6, 6.07) is 4.90. The average Bonchev–Trinajstić information content (AvgIpc) is 2.15. The molecule has 0 aromatic heterocycles. The number of methoxy groups -OCH3 is 1. The van der Waals surface area contributed by atoms with E-state index in [4.69, 9.17) is 4.74 Å². The molecule has 0 saturated heterocycles. The fourth-order valence-corrected chi connectivity index (χ4v) is 2.53. The Bertz CT molecular complexity index is 380. The molecule has 1 unspecified atom stereocenters. The van der Waals surface area contributed by atoms with Gasteiger partial charge in [0.2, 0.25) is 0 Å². The molecule has 0 fully saturated rings. The molecule has 0 aliphatic carbocycles. The van der Waals surface area contributed by atoms with E-state index < -0.39 is 7.80 Å². The first-order valence-electron chi connectivity index (χ1n) is 4.71. The van der Waals surface area contributed by atoms with Gasteiger partial charge in [-0.25, -0.2) is 0 Å². The van der Waals surface area contributed by atoms with Gasteiger partial charge in [0, 0.05) is 0 Å². The van der Waals surface area contributed by atoms with Gasteiger partial charge in [-0.15, -0.1) is 0 Å². The van der Waals surface area contributed by atoms with Gasteiger partial charge in [0.15, 0.2) is 16.7 Å². The maximum Gasteiger partial charge on any atom is 0.390 e. The first kappa shape index (κ1) is 12.0. The predicted molar refractivity (Wildman–Crippen MR) is 61.7 cm³/mol. The Hall–Kier alpha value is -1.08. The van der Waals surface area contributed by atoms with E-state index in [2.05, 4.69) is 0 Å². The lowest BCUT2D eigenvalue weighted by molar-refractivity contribution is 0.412. The largest absolute Gasteiger partial charge is 0.504 e. The molecule has 1 atom stereocenters. The number of benzene rings is 1. The second-order valence-electron chi connectivity index (χ2n) is 4.29. The van der Waals surface area contributed by atoms with Crippen molar-refractivity contribution in [1.82, 2.24) is 0 Å². The van der Waals surface area contributed by atoms with Crippen LogP contribution in [0.2, 0.25) is 0 Å². The normalized spacial score (nSPS) is 12.4. The summed E-state index contributed by atoms with van der Waals surface area (Å²) in [5.74, 6) is 0.511. The molecule has 15 heavy (non-hydrogen) atoms. The fourth-order valence-electron chi connectivity index (χ4n) is 1.21. The maximum absolute atomic E-state index is 12.2. The number of phenols is 1. The standard InChI is InChI=1S/C11H15O3P/c1-11(2,3)15(13)10-8(12)6-5-7-9(10)14-4/h5-7H,1-4H3/p+1. The lowest BCUT2D eigenvalue weighted by Gasteiger charge is -2.08. The number of ether oxygens (including phenoxy) is 1. The molecule has 0 heterocycles. The van der Waals surface area contributed by atoms with Crippen LogP contribution in [0.15, 0.2) is 18.2 Å². The molecule has 0 spiro atoms. The summed E-state index contributed by atoms with van der Waals surface area (Å²) in [6.45, 7) is 5.62. The van der Waals surface area contributed by atoms with Gasteiger partial charge in [0.25, 0.3) is 5.30 Å². The van der Waals surface area contributed by atoms with E-state index in [9.17, 15) is 9.67 Å². The van der Waals surface area contributed by atoms with Crippen molar-refractivity contribution in [2.75, 3.05) is 7.11 Å². The van der Waals surface area contributed by atoms with Gasteiger partial charge in [-0.2, -0.15) is 0 Å². The summed E-state index contributed by atoms with van der Waals surface area (Å²) in [6.07, 6.45) is 0. The van der Waals surface area contributed by atoms with Gasteiger partial charge in [-0.3, -0.25) is 0 Å². The fraction of sp³-hybridized carbons (Fsp3) is 0.455. The Morgan fingerprint density at radius 1 is 1.33 bits per heavy atom. The van der Waals surface area contributed by atoms with Crippen LogP contribution in [-0.2, 0) is 4.57 Å². The SMILES string of the molecule is COc1cccc(O)c1[P+](=O)C(C)(C)C. The summed E-state index contributed by atoms with van der Waals surface area (Å²) < 4.78 is 17.3. The average molecular weight is 227 g/mol. The van der Waals surface area contributed by atoms with Gasteiger partial charge in [0.05, 0.1) is 7.11 Å². The van der Waals surface area contributed by atoms with Crippen LogP contribution in [0.3, 0.4) is 0 Å². The van der Waals surface area contributed by atoms with Crippen LogP contribution >= 0.6 is 7.80 Å². The van der Waals surface area contributed by atoms with Gasteiger partial charge in [-0.05, 0) is 32.9 Å². The van der Waals surface area contributed by atoms with Crippen molar-refractivity contribution in [3.05, 3.63) is 18.2 Å². The lowest BCUT2D eigenvalue weighted by Crippen LogP contribution is -2.16. The van der Waals surface area contributed by atoms with E-state index in [1.807, 2.05) is 20.8 Å². The summed E-state index contributed by atoms with van der Waals surface area (Å²) in [4.78, 5) is 0. The third-order valence-electron chi connectivity index (χ3n) is 2.01. The van der Waals surface area contributed by atoms with Crippen LogP contribution in [0, 0.1) is 0 Å². The highest BCUT2D eigenvalue weighted by Gasteiger charge is 2.41. The molecule has 4 heteroatoms. The van der Waals surface area contributed by atoms with Gasteiger partial charge in [-0.1, -0.05) is 10.6 Å². The number of hydrogen-bond donors (Lipinski definition) is 1. The Labute approximate surface area is 90.9 Å². The zero-order chi connectivity index (χ0) is 11.6.